The van der Waals surface area contributed by atoms with Gasteiger partial charge in [0.2, 0.25) is 0 Å². The standard InChI is InChI=1S/C16H21N3O/c1-16(8-5-9-17-11-16)15(20)10-13-12-6-3-4-7-14(12)19(2)18-13/h3-4,6-7,17H,5,8-11H2,1-2H3. The van der Waals surface area contributed by atoms with Gasteiger partial charge in [-0.15, -0.1) is 0 Å². The molecule has 3 rings (SSSR count). The molecule has 0 radical (unpaired) electrons. The smallest absolute Gasteiger partial charge is 0.146 e. The molecule has 106 valence electrons. The number of aromatic nitrogens is 2. The van der Waals surface area contributed by atoms with E-state index in [0.717, 1.165) is 42.5 Å². The van der Waals surface area contributed by atoms with Gasteiger partial charge in [-0.2, -0.15) is 5.10 Å². The van der Waals surface area contributed by atoms with Crippen molar-refractivity contribution in [2.45, 2.75) is 26.2 Å². The number of nitrogens with zero attached hydrogens (tertiary/aromatic N) is 2. The Balaban J connectivity index is 1.88. The summed E-state index contributed by atoms with van der Waals surface area (Å²) in [6.07, 6.45) is 2.48. The summed E-state index contributed by atoms with van der Waals surface area (Å²) in [6, 6.07) is 8.09. The summed E-state index contributed by atoms with van der Waals surface area (Å²) in [7, 11) is 1.93. The summed E-state index contributed by atoms with van der Waals surface area (Å²) in [4.78, 5) is 12.7. The van der Waals surface area contributed by atoms with Crippen molar-refractivity contribution in [1.82, 2.24) is 15.1 Å². The zero-order valence-corrected chi connectivity index (χ0v) is 12.1. The molecule has 4 heteroatoms. The highest BCUT2D eigenvalue weighted by molar-refractivity contribution is 5.91. The van der Waals surface area contributed by atoms with Crippen LogP contribution in [-0.2, 0) is 18.3 Å². The summed E-state index contributed by atoms with van der Waals surface area (Å²) < 4.78 is 1.86. The third-order valence-electron chi connectivity index (χ3n) is 4.43. The predicted octanol–water partition coefficient (Wildman–Crippen LogP) is 2.07. The number of aryl methyl sites for hydroxylation is 1. The quantitative estimate of drug-likeness (QED) is 0.929. The van der Waals surface area contributed by atoms with Gasteiger partial charge in [-0.3, -0.25) is 9.48 Å². The van der Waals surface area contributed by atoms with Crippen molar-refractivity contribution in [3.8, 4) is 0 Å². The minimum Gasteiger partial charge on any atom is -0.316 e. The minimum atomic E-state index is -0.239. The van der Waals surface area contributed by atoms with E-state index in [-0.39, 0.29) is 5.41 Å². The van der Waals surface area contributed by atoms with Gasteiger partial charge in [0.1, 0.15) is 5.78 Å². The van der Waals surface area contributed by atoms with Crippen LogP contribution >= 0.6 is 0 Å². The second-order valence-corrected chi connectivity index (χ2v) is 6.03. The van der Waals surface area contributed by atoms with Crippen molar-refractivity contribution in [3.05, 3.63) is 30.0 Å². The summed E-state index contributed by atoms with van der Waals surface area (Å²) in [5, 5.41) is 8.96. The van der Waals surface area contributed by atoms with Gasteiger partial charge in [0.15, 0.2) is 0 Å². The maximum absolute atomic E-state index is 12.7. The zero-order chi connectivity index (χ0) is 14.2. The van der Waals surface area contributed by atoms with E-state index < -0.39 is 0 Å². The Morgan fingerprint density at radius 2 is 2.25 bits per heavy atom. The highest BCUT2D eigenvalue weighted by Crippen LogP contribution is 2.29. The van der Waals surface area contributed by atoms with Crippen molar-refractivity contribution in [3.63, 3.8) is 0 Å². The van der Waals surface area contributed by atoms with Crippen LogP contribution in [0.5, 0.6) is 0 Å². The predicted molar refractivity (Wildman–Crippen MR) is 79.6 cm³/mol. The first-order valence-corrected chi connectivity index (χ1v) is 7.25. The van der Waals surface area contributed by atoms with Gasteiger partial charge in [-0.1, -0.05) is 25.1 Å². The first kappa shape index (κ1) is 13.3. The zero-order valence-electron chi connectivity index (χ0n) is 12.1. The number of Topliss-reactive ketones (excluding diaryl/α,β-unsaturated/α-hetero) is 1. The first-order valence-electron chi connectivity index (χ1n) is 7.25. The topological polar surface area (TPSA) is 46.9 Å². The molecule has 2 heterocycles. The molecule has 20 heavy (non-hydrogen) atoms. The van der Waals surface area contributed by atoms with Crippen LogP contribution < -0.4 is 5.32 Å². The van der Waals surface area contributed by atoms with E-state index in [1.165, 1.54) is 0 Å². The van der Waals surface area contributed by atoms with Crippen LogP contribution in [0.4, 0.5) is 0 Å². The fourth-order valence-corrected chi connectivity index (χ4v) is 3.08. The lowest BCUT2D eigenvalue weighted by molar-refractivity contribution is -0.128. The van der Waals surface area contributed by atoms with Gasteiger partial charge in [0.05, 0.1) is 17.6 Å². The molecule has 0 aliphatic carbocycles. The van der Waals surface area contributed by atoms with Crippen molar-refractivity contribution in [2.24, 2.45) is 12.5 Å². The van der Waals surface area contributed by atoms with E-state index in [1.54, 1.807) is 0 Å². The molecule has 0 spiro atoms. The first-order chi connectivity index (χ1) is 9.60. The molecule has 1 N–H and O–H groups in total. The number of carbonyl (C=O) groups excluding carboxylic acids is 1. The number of para-hydroxylation sites is 1. The van der Waals surface area contributed by atoms with Crippen molar-refractivity contribution < 1.29 is 4.79 Å². The number of carbonyl (C=O) groups is 1. The molecule has 1 aromatic heterocycles. The summed E-state index contributed by atoms with van der Waals surface area (Å²) in [6.45, 7) is 3.89. The van der Waals surface area contributed by atoms with Crippen LogP contribution in [0.25, 0.3) is 10.9 Å². The van der Waals surface area contributed by atoms with Crippen LogP contribution in [0.3, 0.4) is 0 Å². The lowest BCUT2D eigenvalue weighted by Crippen LogP contribution is -2.44. The molecule has 4 nitrogen and oxygen atoms in total. The van der Waals surface area contributed by atoms with E-state index >= 15 is 0 Å². The number of hydrogen-bond acceptors (Lipinski definition) is 3. The third-order valence-corrected chi connectivity index (χ3v) is 4.43. The average Bonchev–Trinajstić information content (AvgIpc) is 2.77. The Bertz CT molecular complexity index is 638. The molecule has 0 bridgehead atoms. The molecule has 1 fully saturated rings. The Morgan fingerprint density at radius 1 is 1.45 bits per heavy atom. The number of rotatable bonds is 3. The van der Waals surface area contributed by atoms with E-state index in [1.807, 2.05) is 36.0 Å². The fourth-order valence-electron chi connectivity index (χ4n) is 3.08. The molecule has 1 aliphatic rings. The molecule has 0 amide bonds. The summed E-state index contributed by atoms with van der Waals surface area (Å²) >= 11 is 0. The monoisotopic (exact) mass is 271 g/mol. The van der Waals surface area contributed by atoms with Gasteiger partial charge < -0.3 is 5.32 Å². The van der Waals surface area contributed by atoms with Crippen molar-refractivity contribution in [2.75, 3.05) is 13.1 Å². The van der Waals surface area contributed by atoms with Crippen molar-refractivity contribution >= 4 is 16.7 Å². The van der Waals surface area contributed by atoms with E-state index in [9.17, 15) is 4.79 Å². The van der Waals surface area contributed by atoms with Gasteiger partial charge >= 0.3 is 0 Å². The summed E-state index contributed by atoms with van der Waals surface area (Å²) in [5.41, 5.74) is 1.75. The molecule has 0 saturated carbocycles. The van der Waals surface area contributed by atoms with Crippen LogP contribution in [-0.4, -0.2) is 28.7 Å². The molecule has 1 aromatic carbocycles. The van der Waals surface area contributed by atoms with Gasteiger partial charge in [-0.25, -0.2) is 0 Å². The number of piperidine rings is 1. The molecule has 2 aromatic rings. The Morgan fingerprint density at radius 3 is 3.00 bits per heavy atom. The van der Waals surface area contributed by atoms with E-state index in [0.29, 0.717) is 12.2 Å². The molecular formula is C16H21N3O. The normalized spacial score (nSPS) is 23.1. The second-order valence-electron chi connectivity index (χ2n) is 6.03. The fraction of sp³-hybridized carbons (Fsp3) is 0.500. The SMILES string of the molecule is Cn1nc(CC(=O)C2(C)CCCNC2)c2ccccc21. The van der Waals surface area contributed by atoms with E-state index in [4.69, 9.17) is 0 Å². The summed E-state index contributed by atoms with van der Waals surface area (Å²) in [5.74, 6) is 0.300. The average molecular weight is 271 g/mol. The highest BCUT2D eigenvalue weighted by atomic mass is 16.1. The number of benzene rings is 1. The second kappa shape index (κ2) is 5.02. The Labute approximate surface area is 119 Å². The van der Waals surface area contributed by atoms with Crippen molar-refractivity contribution in [1.29, 1.82) is 0 Å². The van der Waals surface area contributed by atoms with Crippen LogP contribution in [0.15, 0.2) is 24.3 Å². The third kappa shape index (κ3) is 2.24. The highest BCUT2D eigenvalue weighted by Gasteiger charge is 2.34. The molecule has 1 atom stereocenters. The molecule has 1 unspecified atom stereocenters. The van der Waals surface area contributed by atoms with Gasteiger partial charge in [0.25, 0.3) is 0 Å². The minimum absolute atomic E-state index is 0.239. The number of fused-ring (bicyclic) bond motifs is 1. The van der Waals surface area contributed by atoms with E-state index in [2.05, 4.69) is 17.3 Å². The van der Waals surface area contributed by atoms with Crippen LogP contribution in [0.1, 0.15) is 25.5 Å². The number of nitrogens with one attached hydrogen (secondary N) is 1. The number of ketones is 1. The van der Waals surface area contributed by atoms with Crippen LogP contribution in [0, 0.1) is 5.41 Å². The largest absolute Gasteiger partial charge is 0.316 e. The lowest BCUT2D eigenvalue weighted by Gasteiger charge is -2.32. The Hall–Kier alpha value is -1.68. The molecule has 1 aliphatic heterocycles. The number of hydrogen-bond donors (Lipinski definition) is 1. The lowest BCUT2D eigenvalue weighted by atomic mass is 9.77. The maximum Gasteiger partial charge on any atom is 0.146 e. The molecule has 1 saturated heterocycles. The van der Waals surface area contributed by atoms with Gasteiger partial charge in [-0.05, 0) is 25.5 Å². The maximum atomic E-state index is 12.7. The van der Waals surface area contributed by atoms with Gasteiger partial charge in [0, 0.05) is 24.4 Å². The molecular weight excluding hydrogens is 250 g/mol. The van der Waals surface area contributed by atoms with Crippen LogP contribution in [0.2, 0.25) is 0 Å². The Kier molecular flexibility index (Phi) is 3.34.